The van der Waals surface area contributed by atoms with Gasteiger partial charge in [0.15, 0.2) is 5.13 Å². The van der Waals surface area contributed by atoms with Crippen molar-refractivity contribution in [3.8, 4) is 0 Å². The predicted molar refractivity (Wildman–Crippen MR) is 82.9 cm³/mol. The summed E-state index contributed by atoms with van der Waals surface area (Å²) in [7, 11) is 0. The second-order valence-electron chi connectivity index (χ2n) is 4.47. The predicted octanol–water partition coefficient (Wildman–Crippen LogP) is 2.62. The van der Waals surface area contributed by atoms with E-state index in [0.717, 1.165) is 18.5 Å². The summed E-state index contributed by atoms with van der Waals surface area (Å²) in [6.45, 7) is 3.14. The van der Waals surface area contributed by atoms with Crippen LogP contribution in [0.25, 0.3) is 0 Å². The Kier molecular flexibility index (Phi) is 5.10. The van der Waals surface area contributed by atoms with E-state index in [1.165, 1.54) is 23.5 Å². The highest BCUT2D eigenvalue weighted by Crippen LogP contribution is 2.24. The van der Waals surface area contributed by atoms with Crippen LogP contribution in [0.4, 0.5) is 15.3 Å². The van der Waals surface area contributed by atoms with Crippen molar-refractivity contribution in [1.29, 1.82) is 0 Å². The van der Waals surface area contributed by atoms with Gasteiger partial charge in [-0.25, -0.2) is 9.37 Å². The summed E-state index contributed by atoms with van der Waals surface area (Å²) in [6, 6.07) is 5.96. The van der Waals surface area contributed by atoms with Gasteiger partial charge in [-0.05, 0) is 24.1 Å². The number of nitrogens with one attached hydrogen (secondary N) is 2. The zero-order chi connectivity index (χ0) is 15.2. The molecule has 7 heteroatoms. The molecule has 1 heterocycles. The fraction of sp³-hybridized carbons (Fsp3) is 0.286. The standard InChI is InChI=1S/C14H17FN4OS/c1-2-7-17-14-19-12(16)11(21-14)13(20)18-8-9-3-5-10(15)6-4-9/h3-6H,2,7-8,16H2,1H3,(H,17,19)(H,18,20). The molecule has 2 rings (SSSR count). The van der Waals surface area contributed by atoms with E-state index in [1.54, 1.807) is 12.1 Å². The van der Waals surface area contributed by atoms with Gasteiger partial charge in [0.1, 0.15) is 16.5 Å². The van der Waals surface area contributed by atoms with Crippen molar-refractivity contribution >= 4 is 28.2 Å². The molecule has 112 valence electrons. The minimum absolute atomic E-state index is 0.218. The van der Waals surface area contributed by atoms with Crippen LogP contribution in [-0.2, 0) is 6.54 Å². The van der Waals surface area contributed by atoms with E-state index in [4.69, 9.17) is 5.73 Å². The monoisotopic (exact) mass is 308 g/mol. The third kappa shape index (κ3) is 4.16. The number of nitrogens with two attached hydrogens (primary N) is 1. The molecule has 0 saturated carbocycles. The molecule has 0 aliphatic carbocycles. The summed E-state index contributed by atoms with van der Waals surface area (Å²) < 4.78 is 12.8. The first-order valence-electron chi connectivity index (χ1n) is 6.63. The lowest BCUT2D eigenvalue weighted by atomic mass is 10.2. The van der Waals surface area contributed by atoms with E-state index in [0.29, 0.717) is 16.6 Å². The first kappa shape index (κ1) is 15.2. The number of carbonyl (C=O) groups is 1. The smallest absolute Gasteiger partial charge is 0.265 e. The van der Waals surface area contributed by atoms with Crippen molar-refractivity contribution in [1.82, 2.24) is 10.3 Å². The van der Waals surface area contributed by atoms with Crippen LogP contribution in [0.15, 0.2) is 24.3 Å². The number of nitrogen functional groups attached to an aromatic ring is 1. The molecule has 5 nitrogen and oxygen atoms in total. The van der Waals surface area contributed by atoms with Gasteiger partial charge in [-0.2, -0.15) is 0 Å². The number of thiazole rings is 1. The van der Waals surface area contributed by atoms with Crippen LogP contribution in [-0.4, -0.2) is 17.4 Å². The zero-order valence-electron chi connectivity index (χ0n) is 11.6. The van der Waals surface area contributed by atoms with Crippen molar-refractivity contribution in [3.05, 3.63) is 40.5 Å². The number of rotatable bonds is 6. The van der Waals surface area contributed by atoms with Gasteiger partial charge >= 0.3 is 0 Å². The second-order valence-corrected chi connectivity index (χ2v) is 5.47. The first-order valence-corrected chi connectivity index (χ1v) is 7.44. The van der Waals surface area contributed by atoms with Crippen LogP contribution in [0.1, 0.15) is 28.6 Å². The molecule has 0 unspecified atom stereocenters. The van der Waals surface area contributed by atoms with Crippen LogP contribution >= 0.6 is 11.3 Å². The maximum Gasteiger partial charge on any atom is 0.265 e. The normalized spacial score (nSPS) is 10.4. The average molecular weight is 308 g/mol. The molecule has 1 aromatic carbocycles. The van der Waals surface area contributed by atoms with Crippen molar-refractivity contribution in [2.24, 2.45) is 0 Å². The van der Waals surface area contributed by atoms with Crippen molar-refractivity contribution in [2.45, 2.75) is 19.9 Å². The van der Waals surface area contributed by atoms with E-state index >= 15 is 0 Å². The molecule has 0 atom stereocenters. The Labute approximate surface area is 126 Å². The lowest BCUT2D eigenvalue weighted by Gasteiger charge is -2.04. The number of hydrogen-bond donors (Lipinski definition) is 3. The molecule has 0 radical (unpaired) electrons. The fourth-order valence-electron chi connectivity index (χ4n) is 1.67. The van der Waals surface area contributed by atoms with Crippen LogP contribution < -0.4 is 16.4 Å². The van der Waals surface area contributed by atoms with Gasteiger partial charge in [-0.1, -0.05) is 30.4 Å². The van der Waals surface area contributed by atoms with E-state index in [-0.39, 0.29) is 17.5 Å². The number of hydrogen-bond acceptors (Lipinski definition) is 5. The maximum absolute atomic E-state index is 12.8. The molecule has 4 N–H and O–H groups in total. The van der Waals surface area contributed by atoms with E-state index in [9.17, 15) is 9.18 Å². The highest BCUT2D eigenvalue weighted by atomic mass is 32.1. The molecule has 2 aromatic rings. The van der Waals surface area contributed by atoms with Gasteiger partial charge in [-0.3, -0.25) is 4.79 Å². The van der Waals surface area contributed by atoms with Gasteiger partial charge in [0, 0.05) is 13.1 Å². The van der Waals surface area contributed by atoms with Crippen LogP contribution in [0, 0.1) is 5.82 Å². The van der Waals surface area contributed by atoms with Gasteiger partial charge in [0.25, 0.3) is 5.91 Å². The Morgan fingerprint density at radius 2 is 2.10 bits per heavy atom. The minimum atomic E-state index is -0.302. The maximum atomic E-state index is 12.8. The Bertz CT molecular complexity index is 612. The molecule has 0 fully saturated rings. The Morgan fingerprint density at radius 1 is 1.38 bits per heavy atom. The summed E-state index contributed by atoms with van der Waals surface area (Å²) in [6.07, 6.45) is 0.964. The number of halogens is 1. The minimum Gasteiger partial charge on any atom is -0.382 e. The zero-order valence-corrected chi connectivity index (χ0v) is 12.5. The molecule has 0 spiro atoms. The van der Waals surface area contributed by atoms with Gasteiger partial charge in [0.2, 0.25) is 0 Å². The quantitative estimate of drug-likeness (QED) is 0.766. The Morgan fingerprint density at radius 3 is 2.76 bits per heavy atom. The van der Waals surface area contributed by atoms with E-state index < -0.39 is 0 Å². The second kappa shape index (κ2) is 7.03. The summed E-state index contributed by atoms with van der Waals surface area (Å²) in [5, 5.41) is 6.48. The Balaban J connectivity index is 1.96. The third-order valence-corrected chi connectivity index (χ3v) is 3.78. The fourth-order valence-corrected chi connectivity index (χ4v) is 2.49. The van der Waals surface area contributed by atoms with E-state index in [1.807, 2.05) is 6.92 Å². The third-order valence-electron chi connectivity index (χ3n) is 2.75. The highest BCUT2D eigenvalue weighted by Gasteiger charge is 2.15. The summed E-state index contributed by atoms with van der Waals surface area (Å²) in [5.41, 5.74) is 6.57. The summed E-state index contributed by atoms with van der Waals surface area (Å²) in [5.74, 6) is -0.363. The van der Waals surface area contributed by atoms with Gasteiger partial charge in [-0.15, -0.1) is 0 Å². The van der Waals surface area contributed by atoms with Crippen LogP contribution in [0.3, 0.4) is 0 Å². The number of amides is 1. The van der Waals surface area contributed by atoms with Gasteiger partial charge in [0.05, 0.1) is 0 Å². The number of nitrogens with zero attached hydrogens (tertiary/aromatic N) is 1. The lowest BCUT2D eigenvalue weighted by molar-refractivity contribution is 0.0955. The number of carbonyl (C=O) groups excluding carboxylic acids is 1. The molecule has 0 aliphatic rings. The molecule has 0 saturated heterocycles. The lowest BCUT2D eigenvalue weighted by Crippen LogP contribution is -2.22. The topological polar surface area (TPSA) is 80.0 Å². The van der Waals surface area contributed by atoms with Crippen molar-refractivity contribution in [3.63, 3.8) is 0 Å². The average Bonchev–Trinajstić information content (AvgIpc) is 2.85. The summed E-state index contributed by atoms with van der Waals surface area (Å²) >= 11 is 1.23. The Hall–Kier alpha value is -2.15. The SMILES string of the molecule is CCCNc1nc(N)c(C(=O)NCc2ccc(F)cc2)s1. The highest BCUT2D eigenvalue weighted by molar-refractivity contribution is 7.18. The van der Waals surface area contributed by atoms with E-state index in [2.05, 4.69) is 15.6 Å². The molecule has 21 heavy (non-hydrogen) atoms. The molecular formula is C14H17FN4OS. The molecule has 1 amide bonds. The van der Waals surface area contributed by atoms with Crippen molar-refractivity contribution < 1.29 is 9.18 Å². The first-order chi connectivity index (χ1) is 10.1. The van der Waals surface area contributed by atoms with Crippen LogP contribution in [0.5, 0.6) is 0 Å². The molecule has 0 bridgehead atoms. The number of benzene rings is 1. The van der Waals surface area contributed by atoms with Gasteiger partial charge < -0.3 is 16.4 Å². The van der Waals surface area contributed by atoms with Crippen LogP contribution in [0.2, 0.25) is 0 Å². The molecule has 0 aliphatic heterocycles. The largest absolute Gasteiger partial charge is 0.382 e. The number of anilines is 2. The molecular weight excluding hydrogens is 291 g/mol. The van der Waals surface area contributed by atoms with Crippen molar-refractivity contribution in [2.75, 3.05) is 17.6 Å². The number of aromatic nitrogens is 1. The molecule has 1 aromatic heterocycles. The summed E-state index contributed by atoms with van der Waals surface area (Å²) in [4.78, 5) is 16.6.